The number of aryl methyl sites for hydroxylation is 1. The highest BCUT2D eigenvalue weighted by Crippen LogP contribution is 2.16. The summed E-state index contributed by atoms with van der Waals surface area (Å²) in [4.78, 5) is 0. The van der Waals surface area contributed by atoms with Crippen molar-refractivity contribution in [3.63, 3.8) is 0 Å². The molecule has 0 bridgehead atoms. The molecule has 0 heterocycles. The van der Waals surface area contributed by atoms with Crippen LogP contribution in [0.3, 0.4) is 0 Å². The molecule has 0 aliphatic carbocycles. The van der Waals surface area contributed by atoms with Crippen molar-refractivity contribution in [1.29, 1.82) is 0 Å². The molecule has 0 amide bonds. The summed E-state index contributed by atoms with van der Waals surface area (Å²) in [5, 5.41) is 4.03. The average molecular weight is 240 g/mol. The van der Waals surface area contributed by atoms with Gasteiger partial charge in [0.25, 0.3) is 0 Å². The van der Waals surface area contributed by atoms with E-state index >= 15 is 0 Å². The van der Waals surface area contributed by atoms with Crippen LogP contribution in [0, 0.1) is 6.92 Å². The zero-order valence-corrected chi connectivity index (χ0v) is 10.6. The van der Waals surface area contributed by atoms with Crippen LogP contribution >= 0.6 is 11.6 Å². The first-order valence-corrected chi connectivity index (χ1v) is 5.74. The van der Waals surface area contributed by atoms with Gasteiger partial charge in [-0.2, -0.15) is 0 Å². The van der Waals surface area contributed by atoms with E-state index in [9.17, 15) is 0 Å². The summed E-state index contributed by atoms with van der Waals surface area (Å²) in [6, 6.07) is 5.91. The number of hydrogen-bond donors (Lipinski definition) is 1. The minimum Gasteiger partial charge on any atom is -0.383 e. The summed E-state index contributed by atoms with van der Waals surface area (Å²) in [5.41, 5.74) is 2.40. The SMILES string of the molecule is COCCNC/C=C/c1ccc(Cl)cc1C. The molecule has 0 saturated carbocycles. The Labute approximate surface area is 102 Å². The number of benzene rings is 1. The Kier molecular flexibility index (Phi) is 6.16. The Morgan fingerprint density at radius 1 is 1.44 bits per heavy atom. The van der Waals surface area contributed by atoms with E-state index in [0.717, 1.165) is 24.7 Å². The van der Waals surface area contributed by atoms with Gasteiger partial charge in [0.2, 0.25) is 0 Å². The van der Waals surface area contributed by atoms with Gasteiger partial charge in [-0.3, -0.25) is 0 Å². The molecule has 88 valence electrons. The van der Waals surface area contributed by atoms with Crippen LogP contribution in [0.1, 0.15) is 11.1 Å². The largest absolute Gasteiger partial charge is 0.383 e. The predicted molar refractivity (Wildman–Crippen MR) is 70.0 cm³/mol. The Morgan fingerprint density at radius 2 is 2.25 bits per heavy atom. The lowest BCUT2D eigenvalue weighted by Crippen LogP contribution is -2.18. The molecule has 0 aromatic heterocycles. The maximum atomic E-state index is 5.89. The monoisotopic (exact) mass is 239 g/mol. The third-order valence-electron chi connectivity index (χ3n) is 2.27. The van der Waals surface area contributed by atoms with Gasteiger partial charge in [-0.1, -0.05) is 29.8 Å². The Morgan fingerprint density at radius 3 is 2.94 bits per heavy atom. The van der Waals surface area contributed by atoms with Gasteiger partial charge in [0.1, 0.15) is 0 Å². The van der Waals surface area contributed by atoms with E-state index in [1.165, 1.54) is 11.1 Å². The Hall–Kier alpha value is -0.830. The van der Waals surface area contributed by atoms with Gasteiger partial charge in [-0.15, -0.1) is 0 Å². The molecule has 1 N–H and O–H groups in total. The molecule has 1 aromatic carbocycles. The first-order valence-electron chi connectivity index (χ1n) is 5.36. The lowest BCUT2D eigenvalue weighted by atomic mass is 10.1. The molecule has 0 atom stereocenters. The van der Waals surface area contributed by atoms with Crippen LogP contribution < -0.4 is 5.32 Å². The highest BCUT2D eigenvalue weighted by Gasteiger charge is 1.94. The van der Waals surface area contributed by atoms with E-state index in [-0.39, 0.29) is 0 Å². The van der Waals surface area contributed by atoms with E-state index in [4.69, 9.17) is 16.3 Å². The molecule has 0 fully saturated rings. The van der Waals surface area contributed by atoms with Gasteiger partial charge < -0.3 is 10.1 Å². The number of methoxy groups -OCH3 is 1. The fourth-order valence-corrected chi connectivity index (χ4v) is 1.60. The van der Waals surface area contributed by atoms with Crippen molar-refractivity contribution in [1.82, 2.24) is 5.32 Å². The van der Waals surface area contributed by atoms with Crippen LogP contribution in [0.2, 0.25) is 5.02 Å². The number of hydrogen-bond acceptors (Lipinski definition) is 2. The number of rotatable bonds is 6. The van der Waals surface area contributed by atoms with Crippen molar-refractivity contribution < 1.29 is 4.74 Å². The third-order valence-corrected chi connectivity index (χ3v) is 2.51. The molecule has 1 aromatic rings. The molecule has 16 heavy (non-hydrogen) atoms. The first-order chi connectivity index (χ1) is 7.74. The third kappa shape index (κ3) is 4.79. The van der Waals surface area contributed by atoms with E-state index in [2.05, 4.69) is 24.4 Å². The predicted octanol–water partition coefficient (Wildman–Crippen LogP) is 2.90. The molecule has 0 radical (unpaired) electrons. The van der Waals surface area contributed by atoms with Crippen LogP contribution in [0.5, 0.6) is 0 Å². The standard InChI is InChI=1S/C13H18ClNO/c1-11-10-13(14)6-5-12(11)4-3-7-15-8-9-16-2/h3-6,10,15H,7-9H2,1-2H3/b4-3+. The summed E-state index contributed by atoms with van der Waals surface area (Å²) in [5.74, 6) is 0. The quantitative estimate of drug-likeness (QED) is 0.771. The van der Waals surface area contributed by atoms with Crippen molar-refractivity contribution in [3.8, 4) is 0 Å². The van der Waals surface area contributed by atoms with E-state index < -0.39 is 0 Å². The van der Waals surface area contributed by atoms with Crippen molar-refractivity contribution in [2.75, 3.05) is 26.8 Å². The maximum absolute atomic E-state index is 5.89. The van der Waals surface area contributed by atoms with Crippen LogP contribution in [0.25, 0.3) is 6.08 Å². The molecule has 3 heteroatoms. The van der Waals surface area contributed by atoms with E-state index in [1.807, 2.05) is 18.2 Å². The number of halogens is 1. The molecule has 0 aliphatic rings. The zero-order valence-electron chi connectivity index (χ0n) is 9.79. The summed E-state index contributed by atoms with van der Waals surface area (Å²) >= 11 is 5.89. The summed E-state index contributed by atoms with van der Waals surface area (Å²) in [6.45, 7) is 4.53. The van der Waals surface area contributed by atoms with E-state index in [0.29, 0.717) is 0 Å². The summed E-state index contributed by atoms with van der Waals surface area (Å²) in [7, 11) is 1.70. The molecular formula is C13H18ClNO. The number of nitrogens with one attached hydrogen (secondary N) is 1. The minimum absolute atomic E-state index is 0.744. The van der Waals surface area contributed by atoms with Crippen molar-refractivity contribution in [2.24, 2.45) is 0 Å². The second-order valence-corrected chi connectivity index (χ2v) is 4.04. The van der Waals surface area contributed by atoms with Gasteiger partial charge in [0, 0.05) is 25.2 Å². The summed E-state index contributed by atoms with van der Waals surface area (Å²) < 4.78 is 4.94. The maximum Gasteiger partial charge on any atom is 0.0587 e. The van der Waals surface area contributed by atoms with Gasteiger partial charge in [0.15, 0.2) is 0 Å². The lowest BCUT2D eigenvalue weighted by molar-refractivity contribution is 0.200. The van der Waals surface area contributed by atoms with Crippen LogP contribution in [0.15, 0.2) is 24.3 Å². The lowest BCUT2D eigenvalue weighted by Gasteiger charge is -2.01. The fourth-order valence-electron chi connectivity index (χ4n) is 1.37. The normalized spacial score (nSPS) is 11.2. The Balaban J connectivity index is 2.38. The Bertz CT molecular complexity index is 350. The molecule has 0 saturated heterocycles. The molecule has 2 nitrogen and oxygen atoms in total. The smallest absolute Gasteiger partial charge is 0.0587 e. The molecule has 1 rings (SSSR count). The van der Waals surface area contributed by atoms with Crippen LogP contribution in [0.4, 0.5) is 0 Å². The van der Waals surface area contributed by atoms with Crippen molar-refractivity contribution >= 4 is 17.7 Å². The second-order valence-electron chi connectivity index (χ2n) is 3.60. The molecule has 0 aliphatic heterocycles. The fraction of sp³-hybridized carbons (Fsp3) is 0.385. The van der Waals surface area contributed by atoms with Gasteiger partial charge >= 0.3 is 0 Å². The molecule has 0 spiro atoms. The highest BCUT2D eigenvalue weighted by atomic mass is 35.5. The van der Waals surface area contributed by atoms with Gasteiger partial charge in [-0.05, 0) is 30.2 Å². The summed E-state index contributed by atoms with van der Waals surface area (Å²) in [6.07, 6.45) is 4.21. The van der Waals surface area contributed by atoms with Crippen LogP contribution in [-0.2, 0) is 4.74 Å². The topological polar surface area (TPSA) is 21.3 Å². The van der Waals surface area contributed by atoms with Crippen molar-refractivity contribution in [3.05, 3.63) is 40.4 Å². The minimum atomic E-state index is 0.744. The highest BCUT2D eigenvalue weighted by molar-refractivity contribution is 6.30. The average Bonchev–Trinajstić information content (AvgIpc) is 2.26. The van der Waals surface area contributed by atoms with Crippen molar-refractivity contribution in [2.45, 2.75) is 6.92 Å². The molecule has 0 unspecified atom stereocenters. The van der Waals surface area contributed by atoms with Gasteiger partial charge in [-0.25, -0.2) is 0 Å². The van der Waals surface area contributed by atoms with Crippen LogP contribution in [-0.4, -0.2) is 26.8 Å². The van der Waals surface area contributed by atoms with E-state index in [1.54, 1.807) is 7.11 Å². The van der Waals surface area contributed by atoms with Gasteiger partial charge in [0.05, 0.1) is 6.61 Å². The second kappa shape index (κ2) is 7.44. The zero-order chi connectivity index (χ0) is 11.8. The number of ether oxygens (including phenoxy) is 1. The molecular weight excluding hydrogens is 222 g/mol. The first kappa shape index (κ1) is 13.2.